The van der Waals surface area contributed by atoms with E-state index in [2.05, 4.69) is 22.3 Å². The Balaban J connectivity index is 0.00000338. The van der Waals surface area contributed by atoms with Gasteiger partial charge in [0, 0.05) is 40.4 Å². The number of benzene rings is 1. The molecule has 0 bridgehead atoms. The van der Waals surface area contributed by atoms with E-state index in [1.165, 1.54) is 31.4 Å². The highest BCUT2D eigenvalue weighted by Crippen LogP contribution is 2.18. The Kier molecular flexibility index (Phi) is 11.6. The molecule has 1 aromatic carbocycles. The van der Waals surface area contributed by atoms with Crippen molar-refractivity contribution < 1.29 is 13.9 Å². The number of hydrogen-bond donors (Lipinski definition) is 1. The Bertz CT molecular complexity index is 522. The van der Waals surface area contributed by atoms with Gasteiger partial charge in [-0.05, 0) is 55.9 Å². The Hall–Kier alpha value is -1.09. The number of rotatable bonds is 8. The minimum absolute atomic E-state index is 0. The van der Waals surface area contributed by atoms with Crippen molar-refractivity contribution in [2.24, 2.45) is 10.9 Å². The number of hydrogen-bond acceptors (Lipinski definition) is 3. The maximum atomic E-state index is 12.8. The van der Waals surface area contributed by atoms with Gasteiger partial charge in [-0.1, -0.05) is 0 Å². The summed E-state index contributed by atoms with van der Waals surface area (Å²) in [6, 6.07) is 6.10. The number of ether oxygens (including phenoxy) is 2. The molecule has 2 rings (SSSR count). The number of guanidine groups is 1. The molecule has 7 heteroatoms. The van der Waals surface area contributed by atoms with E-state index < -0.39 is 0 Å². The lowest BCUT2D eigenvalue weighted by molar-refractivity contribution is 0.0625. The summed E-state index contributed by atoms with van der Waals surface area (Å²) in [5, 5.41) is 3.36. The second-order valence-electron chi connectivity index (χ2n) is 6.40. The third kappa shape index (κ3) is 8.53. The van der Waals surface area contributed by atoms with E-state index in [4.69, 9.17) is 9.47 Å². The zero-order valence-corrected chi connectivity index (χ0v) is 18.1. The molecule has 1 heterocycles. The summed E-state index contributed by atoms with van der Waals surface area (Å²) in [5.41, 5.74) is 0. The van der Waals surface area contributed by atoms with Crippen molar-refractivity contribution in [3.63, 3.8) is 0 Å². The first kappa shape index (κ1) is 23.0. The van der Waals surface area contributed by atoms with Crippen LogP contribution in [0.3, 0.4) is 0 Å². The largest absolute Gasteiger partial charge is 0.494 e. The van der Waals surface area contributed by atoms with E-state index in [1.807, 2.05) is 7.05 Å². The Morgan fingerprint density at radius 3 is 2.65 bits per heavy atom. The lowest BCUT2D eigenvalue weighted by atomic mass is 9.96. The second kappa shape index (κ2) is 13.1. The van der Waals surface area contributed by atoms with Crippen LogP contribution in [0.15, 0.2) is 29.3 Å². The van der Waals surface area contributed by atoms with Gasteiger partial charge in [0.05, 0.1) is 6.61 Å². The fourth-order valence-corrected chi connectivity index (χ4v) is 2.90. The van der Waals surface area contributed by atoms with Crippen LogP contribution < -0.4 is 10.1 Å². The Morgan fingerprint density at radius 1 is 1.31 bits per heavy atom. The van der Waals surface area contributed by atoms with Crippen LogP contribution in [0.4, 0.5) is 4.39 Å². The number of nitrogens with one attached hydrogen (secondary N) is 1. The molecular formula is C19H31FIN3O2. The number of halogens is 2. The van der Waals surface area contributed by atoms with Crippen LogP contribution in [-0.2, 0) is 4.74 Å². The van der Waals surface area contributed by atoms with Crippen molar-refractivity contribution >= 4 is 29.9 Å². The summed E-state index contributed by atoms with van der Waals surface area (Å²) < 4.78 is 23.8. The fraction of sp³-hybridized carbons (Fsp3) is 0.632. The molecule has 0 radical (unpaired) electrons. The van der Waals surface area contributed by atoms with Gasteiger partial charge in [-0.3, -0.25) is 4.99 Å². The zero-order chi connectivity index (χ0) is 17.9. The first-order chi connectivity index (χ1) is 12.2. The van der Waals surface area contributed by atoms with Crippen molar-refractivity contribution in [2.75, 3.05) is 47.0 Å². The molecule has 0 aromatic heterocycles. The van der Waals surface area contributed by atoms with Gasteiger partial charge in [0.2, 0.25) is 0 Å². The normalized spacial score (nSPS) is 15.3. The minimum Gasteiger partial charge on any atom is -0.494 e. The van der Waals surface area contributed by atoms with E-state index in [0.717, 1.165) is 44.6 Å². The fourth-order valence-electron chi connectivity index (χ4n) is 2.90. The van der Waals surface area contributed by atoms with E-state index in [1.54, 1.807) is 12.1 Å². The van der Waals surface area contributed by atoms with Crippen LogP contribution >= 0.6 is 24.0 Å². The van der Waals surface area contributed by atoms with E-state index in [-0.39, 0.29) is 29.8 Å². The van der Waals surface area contributed by atoms with Gasteiger partial charge < -0.3 is 19.7 Å². The standard InChI is InChI=1S/C19H30FN3O2.HI/c1-21-19(23(2)12-8-16-9-14-24-15-10-16)22-11-3-13-25-18-6-4-17(20)5-7-18;/h4-7,16H,3,8-15H2,1-2H3,(H,21,22);1H. The van der Waals surface area contributed by atoms with Gasteiger partial charge >= 0.3 is 0 Å². The summed E-state index contributed by atoms with van der Waals surface area (Å²) in [7, 11) is 3.88. The SMILES string of the molecule is CN=C(NCCCOc1ccc(F)cc1)N(C)CCC1CCOCC1.I. The van der Waals surface area contributed by atoms with E-state index >= 15 is 0 Å². The molecule has 1 saturated heterocycles. The topological polar surface area (TPSA) is 46.1 Å². The van der Waals surface area contributed by atoms with Gasteiger partial charge in [-0.2, -0.15) is 0 Å². The molecular weight excluding hydrogens is 448 g/mol. The van der Waals surface area contributed by atoms with Crippen molar-refractivity contribution in [3.05, 3.63) is 30.1 Å². The van der Waals surface area contributed by atoms with E-state index in [9.17, 15) is 4.39 Å². The molecule has 148 valence electrons. The summed E-state index contributed by atoms with van der Waals surface area (Å²) in [4.78, 5) is 6.52. The summed E-state index contributed by atoms with van der Waals surface area (Å²) in [6.45, 7) is 4.16. The minimum atomic E-state index is -0.249. The maximum Gasteiger partial charge on any atom is 0.193 e. The number of nitrogens with zero attached hydrogens (tertiary/aromatic N) is 2. The Morgan fingerprint density at radius 2 is 2.00 bits per heavy atom. The van der Waals surface area contributed by atoms with Gasteiger partial charge in [-0.15, -0.1) is 24.0 Å². The molecule has 1 N–H and O–H groups in total. The highest BCUT2D eigenvalue weighted by atomic mass is 127. The predicted molar refractivity (Wildman–Crippen MR) is 114 cm³/mol. The molecule has 1 fully saturated rings. The van der Waals surface area contributed by atoms with Crippen LogP contribution in [0.2, 0.25) is 0 Å². The molecule has 1 aromatic rings. The molecule has 0 atom stereocenters. The van der Waals surface area contributed by atoms with Gasteiger partial charge in [-0.25, -0.2) is 4.39 Å². The van der Waals surface area contributed by atoms with Gasteiger partial charge in [0.1, 0.15) is 11.6 Å². The molecule has 0 saturated carbocycles. The highest BCUT2D eigenvalue weighted by molar-refractivity contribution is 14.0. The molecule has 5 nitrogen and oxygen atoms in total. The summed E-state index contributed by atoms with van der Waals surface area (Å²) in [5.74, 6) is 2.12. The lowest BCUT2D eigenvalue weighted by Crippen LogP contribution is -2.40. The van der Waals surface area contributed by atoms with Crippen molar-refractivity contribution in [3.8, 4) is 5.75 Å². The van der Waals surface area contributed by atoms with Crippen LogP contribution in [0.5, 0.6) is 5.75 Å². The first-order valence-corrected chi connectivity index (χ1v) is 9.07. The van der Waals surface area contributed by atoms with Crippen LogP contribution in [-0.4, -0.2) is 57.9 Å². The summed E-state index contributed by atoms with van der Waals surface area (Å²) >= 11 is 0. The monoisotopic (exact) mass is 479 g/mol. The van der Waals surface area contributed by atoms with Crippen molar-refractivity contribution in [1.29, 1.82) is 0 Å². The predicted octanol–water partition coefficient (Wildman–Crippen LogP) is 3.54. The molecule has 26 heavy (non-hydrogen) atoms. The average Bonchev–Trinajstić information content (AvgIpc) is 2.65. The third-order valence-electron chi connectivity index (χ3n) is 4.47. The second-order valence-corrected chi connectivity index (χ2v) is 6.40. The molecule has 0 unspecified atom stereocenters. The zero-order valence-electron chi connectivity index (χ0n) is 15.7. The van der Waals surface area contributed by atoms with Crippen LogP contribution in [0, 0.1) is 11.7 Å². The van der Waals surface area contributed by atoms with Crippen LogP contribution in [0.1, 0.15) is 25.7 Å². The highest BCUT2D eigenvalue weighted by Gasteiger charge is 2.15. The van der Waals surface area contributed by atoms with Crippen molar-refractivity contribution in [2.45, 2.75) is 25.7 Å². The molecule has 0 spiro atoms. The average molecular weight is 479 g/mol. The van der Waals surface area contributed by atoms with Crippen molar-refractivity contribution in [1.82, 2.24) is 10.2 Å². The van der Waals surface area contributed by atoms with Gasteiger partial charge in [0.25, 0.3) is 0 Å². The molecule has 1 aliphatic heterocycles. The Labute approximate surface area is 173 Å². The summed E-state index contributed by atoms with van der Waals surface area (Å²) in [6.07, 6.45) is 4.36. The van der Waals surface area contributed by atoms with E-state index in [0.29, 0.717) is 12.4 Å². The quantitative estimate of drug-likeness (QED) is 0.268. The smallest absolute Gasteiger partial charge is 0.193 e. The lowest BCUT2D eigenvalue weighted by Gasteiger charge is -2.26. The molecule has 1 aliphatic rings. The van der Waals surface area contributed by atoms with Gasteiger partial charge in [0.15, 0.2) is 5.96 Å². The maximum absolute atomic E-state index is 12.8. The molecule has 0 amide bonds. The van der Waals surface area contributed by atoms with Crippen LogP contribution in [0.25, 0.3) is 0 Å². The number of aliphatic imine (C=N–C) groups is 1. The third-order valence-corrected chi connectivity index (χ3v) is 4.47. The first-order valence-electron chi connectivity index (χ1n) is 9.07. The molecule has 0 aliphatic carbocycles.